The van der Waals surface area contributed by atoms with Gasteiger partial charge in [-0.25, -0.2) is 4.98 Å². The number of hydrogen-bond donors (Lipinski definition) is 4. The monoisotopic (exact) mass is 439 g/mol. The molecule has 1 unspecified atom stereocenters. The van der Waals surface area contributed by atoms with Crippen LogP contribution in [0, 0.1) is 0 Å². The molecule has 0 bridgehead atoms. The third-order valence-electron chi connectivity index (χ3n) is 5.75. The van der Waals surface area contributed by atoms with Gasteiger partial charge in [0, 0.05) is 17.3 Å². The average Bonchev–Trinajstić information content (AvgIpc) is 3.15. The largest absolute Gasteiger partial charge is 0.384 e. The molecule has 0 saturated carbocycles. The molecule has 0 saturated heterocycles. The first-order valence-corrected chi connectivity index (χ1v) is 10.8. The molecule has 1 aromatic carbocycles. The Kier molecular flexibility index (Phi) is 6.25. The number of amides is 2. The van der Waals surface area contributed by atoms with Gasteiger partial charge in [-0.1, -0.05) is 35.9 Å². The van der Waals surface area contributed by atoms with Crippen LogP contribution in [0.4, 0.5) is 5.82 Å². The number of hydrogen-bond acceptors (Lipinski definition) is 5. The molecule has 1 aliphatic heterocycles. The maximum atomic E-state index is 12.8. The summed E-state index contributed by atoms with van der Waals surface area (Å²) < 4.78 is 0. The number of fused-ring (bicyclic) bond motifs is 1. The number of aromatic nitrogens is 1. The van der Waals surface area contributed by atoms with E-state index in [1.54, 1.807) is 13.0 Å². The molecule has 2 heterocycles. The van der Waals surface area contributed by atoms with Crippen molar-refractivity contribution in [3.63, 3.8) is 0 Å². The van der Waals surface area contributed by atoms with E-state index in [0.717, 1.165) is 41.7 Å². The van der Waals surface area contributed by atoms with Crippen LogP contribution in [0.2, 0.25) is 5.02 Å². The fourth-order valence-corrected chi connectivity index (χ4v) is 4.29. The lowest BCUT2D eigenvalue weighted by Gasteiger charge is -2.25. The van der Waals surface area contributed by atoms with E-state index in [-0.39, 0.29) is 17.9 Å². The van der Waals surface area contributed by atoms with Gasteiger partial charge in [0.15, 0.2) is 0 Å². The van der Waals surface area contributed by atoms with Crippen LogP contribution in [0.1, 0.15) is 42.6 Å². The fourth-order valence-electron chi connectivity index (χ4n) is 4.10. The zero-order chi connectivity index (χ0) is 22.0. The summed E-state index contributed by atoms with van der Waals surface area (Å²) in [4.78, 5) is 29.8. The number of carbonyl (C=O) groups excluding carboxylic acids is 2. The fraction of sp³-hybridized carbons (Fsp3) is 0.348. The summed E-state index contributed by atoms with van der Waals surface area (Å²) in [6.45, 7) is 2.36. The van der Waals surface area contributed by atoms with Crippen LogP contribution in [0.25, 0.3) is 5.57 Å². The number of nitrogens with two attached hydrogens (primary N) is 1. The number of nitrogens with zero attached hydrogens (tertiary/aromatic N) is 1. The van der Waals surface area contributed by atoms with Crippen LogP contribution in [0.5, 0.6) is 0 Å². The highest BCUT2D eigenvalue weighted by atomic mass is 35.5. The zero-order valence-electron chi connectivity index (χ0n) is 17.3. The van der Waals surface area contributed by atoms with Crippen molar-refractivity contribution in [1.82, 2.24) is 20.9 Å². The third-order valence-corrected chi connectivity index (χ3v) is 5.98. The first-order chi connectivity index (χ1) is 14.9. The number of rotatable bonds is 5. The van der Waals surface area contributed by atoms with E-state index in [0.29, 0.717) is 17.4 Å². The van der Waals surface area contributed by atoms with Gasteiger partial charge < -0.3 is 21.7 Å². The van der Waals surface area contributed by atoms with Crippen LogP contribution in [0.3, 0.4) is 0 Å². The minimum Gasteiger partial charge on any atom is -0.384 e. The summed E-state index contributed by atoms with van der Waals surface area (Å²) in [6.07, 6.45) is 4.25. The second kappa shape index (κ2) is 9.08. The number of carbonyl (C=O) groups is 2. The first-order valence-electron chi connectivity index (χ1n) is 10.5. The molecule has 3 atom stereocenters. The van der Waals surface area contributed by atoms with Crippen LogP contribution in [-0.4, -0.2) is 35.4 Å². The molecule has 0 spiro atoms. The normalized spacial score (nSPS) is 21.0. The Morgan fingerprint density at radius 1 is 1.26 bits per heavy atom. The summed E-state index contributed by atoms with van der Waals surface area (Å²) in [5, 5.41) is 9.70. The maximum absolute atomic E-state index is 12.8. The van der Waals surface area contributed by atoms with E-state index in [4.69, 9.17) is 17.3 Å². The van der Waals surface area contributed by atoms with Crippen molar-refractivity contribution >= 4 is 34.8 Å². The Morgan fingerprint density at radius 3 is 2.90 bits per heavy atom. The molecular formula is C23H26ClN5O2. The van der Waals surface area contributed by atoms with Gasteiger partial charge in [-0.2, -0.15) is 0 Å². The Balaban J connectivity index is 1.37. The number of aryl methyl sites for hydroxylation is 1. The van der Waals surface area contributed by atoms with Gasteiger partial charge in [-0.15, -0.1) is 0 Å². The van der Waals surface area contributed by atoms with Crippen molar-refractivity contribution in [2.75, 3.05) is 12.3 Å². The molecule has 162 valence electrons. The van der Waals surface area contributed by atoms with Crippen molar-refractivity contribution in [2.45, 2.75) is 44.3 Å². The van der Waals surface area contributed by atoms with Gasteiger partial charge in [0.2, 0.25) is 11.8 Å². The molecule has 2 aliphatic rings. The highest BCUT2D eigenvalue weighted by Gasteiger charge is 2.28. The van der Waals surface area contributed by atoms with Crippen molar-refractivity contribution in [3.8, 4) is 0 Å². The molecule has 5 N–H and O–H groups in total. The molecule has 1 aromatic heterocycles. The van der Waals surface area contributed by atoms with Gasteiger partial charge >= 0.3 is 0 Å². The smallest absolute Gasteiger partial charge is 0.242 e. The molecule has 7 nitrogen and oxygen atoms in total. The lowest BCUT2D eigenvalue weighted by atomic mass is 9.97. The summed E-state index contributed by atoms with van der Waals surface area (Å²) >= 11 is 6.10. The van der Waals surface area contributed by atoms with Gasteiger partial charge in [0.05, 0.1) is 6.04 Å². The molecule has 8 heteroatoms. The standard InChI is InChI=1S/C23H26ClN5O2/c1-13(22(30)29-19-7-6-18-17(19)5-8-21(25)28-18)27-23(31)20-12-15(9-10-26-20)14-3-2-4-16(24)11-14/h2-5,8,11-13,19-20,26H,6-7,9-10H2,1H3,(H2,25,28)(H,27,31)(H,29,30)/t13?,19-,20+/m1/s1. The van der Waals surface area contributed by atoms with E-state index in [9.17, 15) is 9.59 Å². The predicted octanol–water partition coefficient (Wildman–Crippen LogP) is 2.37. The van der Waals surface area contributed by atoms with Crippen molar-refractivity contribution < 1.29 is 9.59 Å². The Hall–Kier alpha value is -2.90. The van der Waals surface area contributed by atoms with E-state index in [1.807, 2.05) is 36.4 Å². The van der Waals surface area contributed by atoms with Crippen LogP contribution < -0.4 is 21.7 Å². The molecule has 0 fully saturated rings. The van der Waals surface area contributed by atoms with Crippen molar-refractivity contribution in [3.05, 3.63) is 64.3 Å². The Labute approximate surface area is 186 Å². The number of anilines is 1. The number of nitrogen functional groups attached to an aromatic ring is 1. The molecule has 0 radical (unpaired) electrons. The highest BCUT2D eigenvalue weighted by molar-refractivity contribution is 6.30. The average molecular weight is 440 g/mol. The molecule has 2 aromatic rings. The van der Waals surface area contributed by atoms with Crippen molar-refractivity contribution in [2.24, 2.45) is 0 Å². The lowest BCUT2D eigenvalue weighted by Crippen LogP contribution is -2.52. The van der Waals surface area contributed by atoms with E-state index < -0.39 is 12.1 Å². The SMILES string of the molecule is CC(NC(=O)[C@@H]1C=C(c2cccc(Cl)c2)CCN1)C(=O)N[C@@H]1CCc2nc(N)ccc21. The zero-order valence-corrected chi connectivity index (χ0v) is 18.1. The summed E-state index contributed by atoms with van der Waals surface area (Å²) in [5.74, 6) is 0.0255. The molecule has 1 aliphatic carbocycles. The molecule has 2 amide bonds. The summed E-state index contributed by atoms with van der Waals surface area (Å²) in [7, 11) is 0. The second-order valence-electron chi connectivity index (χ2n) is 7.99. The number of benzene rings is 1. The number of halogens is 1. The predicted molar refractivity (Wildman–Crippen MR) is 121 cm³/mol. The van der Waals surface area contributed by atoms with Crippen LogP contribution in [-0.2, 0) is 16.0 Å². The summed E-state index contributed by atoms with van der Waals surface area (Å²) in [6, 6.07) is 9.97. The Bertz CT molecular complexity index is 1040. The Morgan fingerprint density at radius 2 is 2.10 bits per heavy atom. The van der Waals surface area contributed by atoms with Gasteiger partial charge in [-0.3, -0.25) is 9.59 Å². The lowest BCUT2D eigenvalue weighted by molar-refractivity contribution is -0.129. The van der Waals surface area contributed by atoms with E-state index in [2.05, 4.69) is 20.9 Å². The van der Waals surface area contributed by atoms with Gasteiger partial charge in [0.25, 0.3) is 0 Å². The minimum absolute atomic E-state index is 0.114. The molecule has 4 rings (SSSR count). The van der Waals surface area contributed by atoms with E-state index >= 15 is 0 Å². The van der Waals surface area contributed by atoms with Gasteiger partial charge in [-0.05, 0) is 61.1 Å². The van der Waals surface area contributed by atoms with Crippen LogP contribution in [0.15, 0.2) is 42.5 Å². The third kappa shape index (κ3) is 4.89. The van der Waals surface area contributed by atoms with Crippen LogP contribution >= 0.6 is 11.6 Å². The highest BCUT2D eigenvalue weighted by Crippen LogP contribution is 2.30. The van der Waals surface area contributed by atoms with E-state index in [1.165, 1.54) is 0 Å². The number of nitrogens with one attached hydrogen (secondary N) is 3. The summed E-state index contributed by atoms with van der Waals surface area (Å²) in [5.41, 5.74) is 9.72. The minimum atomic E-state index is -0.662. The topological polar surface area (TPSA) is 109 Å². The maximum Gasteiger partial charge on any atom is 0.242 e. The quantitative estimate of drug-likeness (QED) is 0.572. The van der Waals surface area contributed by atoms with Gasteiger partial charge in [0.1, 0.15) is 17.9 Å². The number of pyridine rings is 1. The molecule has 31 heavy (non-hydrogen) atoms. The first kappa shape index (κ1) is 21.3. The second-order valence-corrected chi connectivity index (χ2v) is 8.42. The molecular weight excluding hydrogens is 414 g/mol. The van der Waals surface area contributed by atoms with Crippen molar-refractivity contribution in [1.29, 1.82) is 0 Å².